The van der Waals surface area contributed by atoms with Crippen LogP contribution in [0.3, 0.4) is 0 Å². The molecule has 0 aliphatic heterocycles. The summed E-state index contributed by atoms with van der Waals surface area (Å²) in [5, 5.41) is 0. The predicted octanol–water partition coefficient (Wildman–Crippen LogP) is 6.50. The van der Waals surface area contributed by atoms with E-state index in [-0.39, 0.29) is 0 Å². The number of imidazole rings is 1. The lowest BCUT2D eigenvalue weighted by Gasteiger charge is -2.11. The lowest BCUT2D eigenvalue weighted by molar-refractivity contribution is 0.982. The zero-order valence-electron chi connectivity index (χ0n) is 17.7. The Bertz CT molecular complexity index is 1490. The number of nitrogens with one attached hydrogen (secondary N) is 1. The molecule has 3 aromatic heterocycles. The quantitative estimate of drug-likeness (QED) is 0.323. The number of rotatable bonds is 3. The molecule has 5 rings (SSSR count). The van der Waals surface area contributed by atoms with Crippen LogP contribution >= 0.6 is 23.8 Å². The molecule has 0 saturated carbocycles. The van der Waals surface area contributed by atoms with Gasteiger partial charge in [-0.1, -0.05) is 36.4 Å². The summed E-state index contributed by atoms with van der Waals surface area (Å²) in [4.78, 5) is 14.1. The largest absolute Gasteiger partial charge is 0.293 e. The summed E-state index contributed by atoms with van der Waals surface area (Å²) in [6, 6.07) is 16.7. The summed E-state index contributed by atoms with van der Waals surface area (Å²) >= 11 is 6.57. The summed E-state index contributed by atoms with van der Waals surface area (Å²) in [5.74, 6) is 1.73. The minimum atomic E-state index is 0.607. The number of benzene rings is 2. The van der Waals surface area contributed by atoms with Gasteiger partial charge in [0.25, 0.3) is 0 Å². The van der Waals surface area contributed by atoms with Gasteiger partial charge in [-0.25, -0.2) is 15.0 Å². The Balaban J connectivity index is 1.62. The van der Waals surface area contributed by atoms with Gasteiger partial charge in [0.05, 0.1) is 0 Å². The first kappa shape index (κ1) is 19.8. The molecule has 7 heteroatoms. The third-order valence-corrected chi connectivity index (χ3v) is 6.71. The van der Waals surface area contributed by atoms with Crippen LogP contribution in [0.15, 0.2) is 48.5 Å². The van der Waals surface area contributed by atoms with E-state index in [0.29, 0.717) is 3.95 Å². The molecule has 0 amide bonds. The number of fused-ring (bicyclic) bond motifs is 1. The summed E-state index contributed by atoms with van der Waals surface area (Å²) in [5.41, 5.74) is 9.61. The molecule has 0 aliphatic carbocycles. The van der Waals surface area contributed by atoms with E-state index in [1.807, 2.05) is 19.1 Å². The Kier molecular flexibility index (Phi) is 4.79. The van der Waals surface area contributed by atoms with Crippen molar-refractivity contribution in [2.24, 2.45) is 0 Å². The van der Waals surface area contributed by atoms with Crippen molar-refractivity contribution in [2.75, 3.05) is 0 Å². The third kappa shape index (κ3) is 3.30. The van der Waals surface area contributed by atoms with Crippen molar-refractivity contribution in [3.63, 3.8) is 0 Å². The zero-order valence-corrected chi connectivity index (χ0v) is 19.4. The maximum atomic E-state index is 5.19. The first-order valence-electron chi connectivity index (χ1n) is 10.0. The molecule has 0 aliphatic rings. The summed E-state index contributed by atoms with van der Waals surface area (Å²) in [6.45, 7) is 8.30. The molecule has 1 N–H and O–H groups in total. The zero-order chi connectivity index (χ0) is 21.7. The van der Waals surface area contributed by atoms with E-state index in [0.717, 1.165) is 50.9 Å². The number of H-pyrrole nitrogens is 1. The second-order valence-electron chi connectivity index (χ2n) is 7.64. The molecule has 5 nitrogen and oxygen atoms in total. The average molecular weight is 444 g/mol. The number of hydrogen-bond donors (Lipinski definition) is 1. The maximum absolute atomic E-state index is 5.19. The Morgan fingerprint density at radius 3 is 2.23 bits per heavy atom. The van der Waals surface area contributed by atoms with Crippen LogP contribution < -0.4 is 0 Å². The van der Waals surface area contributed by atoms with Crippen LogP contribution in [0.2, 0.25) is 0 Å². The van der Waals surface area contributed by atoms with Crippen LogP contribution in [0.4, 0.5) is 0 Å². The third-order valence-electron chi connectivity index (χ3n) is 5.81. The molecule has 0 fully saturated rings. The highest BCUT2D eigenvalue weighted by molar-refractivity contribution is 7.73. The van der Waals surface area contributed by atoms with Gasteiger partial charge in [0.2, 0.25) is 0 Å². The van der Waals surface area contributed by atoms with E-state index in [4.69, 9.17) is 22.2 Å². The van der Waals surface area contributed by atoms with Gasteiger partial charge in [-0.2, -0.15) is 0 Å². The van der Waals surface area contributed by atoms with Gasteiger partial charge in [0.15, 0.2) is 9.60 Å². The van der Waals surface area contributed by atoms with Gasteiger partial charge in [-0.05, 0) is 85.8 Å². The Labute approximate surface area is 189 Å². The van der Waals surface area contributed by atoms with Crippen molar-refractivity contribution < 1.29 is 0 Å². The maximum Gasteiger partial charge on any atom is 0.198 e. The number of aryl methyl sites for hydroxylation is 3. The lowest BCUT2D eigenvalue weighted by Crippen LogP contribution is -2.00. The minimum Gasteiger partial charge on any atom is -0.293 e. The normalized spacial score (nSPS) is 11.4. The number of nitrogens with zero attached hydrogens (tertiary/aromatic N) is 4. The Morgan fingerprint density at radius 2 is 1.55 bits per heavy atom. The topological polar surface area (TPSA) is 59.4 Å². The average Bonchev–Trinajstić information content (AvgIpc) is 3.35. The summed E-state index contributed by atoms with van der Waals surface area (Å²) < 4.78 is 5.95. The van der Waals surface area contributed by atoms with E-state index in [9.17, 15) is 0 Å². The predicted molar refractivity (Wildman–Crippen MR) is 130 cm³/mol. The molecule has 0 radical (unpaired) electrons. The van der Waals surface area contributed by atoms with Gasteiger partial charge < -0.3 is 0 Å². The first-order valence-corrected chi connectivity index (χ1v) is 11.2. The van der Waals surface area contributed by atoms with Crippen LogP contribution in [-0.2, 0) is 0 Å². The van der Waals surface area contributed by atoms with E-state index in [1.165, 1.54) is 22.7 Å². The minimum absolute atomic E-state index is 0.607. The van der Waals surface area contributed by atoms with E-state index < -0.39 is 0 Å². The lowest BCUT2D eigenvalue weighted by atomic mass is 9.99. The van der Waals surface area contributed by atoms with Gasteiger partial charge >= 0.3 is 0 Å². The molecule has 0 unspecified atom stereocenters. The van der Waals surface area contributed by atoms with E-state index >= 15 is 0 Å². The Hall–Kier alpha value is -3.16. The smallest absolute Gasteiger partial charge is 0.198 e. The van der Waals surface area contributed by atoms with Crippen molar-refractivity contribution in [2.45, 2.75) is 27.7 Å². The van der Waals surface area contributed by atoms with Gasteiger partial charge in [-0.15, -0.1) is 0 Å². The van der Waals surface area contributed by atoms with Gasteiger partial charge in [0.1, 0.15) is 17.2 Å². The summed E-state index contributed by atoms with van der Waals surface area (Å²) in [7, 11) is 0. The first-order chi connectivity index (χ1) is 14.9. The van der Waals surface area contributed by atoms with Crippen LogP contribution in [-0.4, -0.2) is 23.9 Å². The molecule has 0 spiro atoms. The van der Waals surface area contributed by atoms with Crippen molar-refractivity contribution >= 4 is 34.9 Å². The molecular formula is C24H21N5S2. The number of aromatic nitrogens is 5. The second kappa shape index (κ2) is 7.51. The van der Waals surface area contributed by atoms with E-state index in [1.54, 1.807) is 0 Å². The highest BCUT2D eigenvalue weighted by Gasteiger charge is 2.16. The highest BCUT2D eigenvalue weighted by atomic mass is 32.2. The fraction of sp³-hybridized carbons (Fsp3) is 0.167. The van der Waals surface area contributed by atoms with Crippen LogP contribution in [0.25, 0.3) is 39.4 Å². The number of pyridine rings is 1. The molecule has 5 aromatic rings. The molecule has 2 aromatic carbocycles. The monoisotopic (exact) mass is 443 g/mol. The molecule has 0 saturated heterocycles. The Morgan fingerprint density at radius 1 is 0.839 bits per heavy atom. The fourth-order valence-corrected chi connectivity index (χ4v) is 4.64. The fourth-order valence-electron chi connectivity index (χ4n) is 3.95. The van der Waals surface area contributed by atoms with Gasteiger partial charge in [-0.3, -0.25) is 8.94 Å². The van der Waals surface area contributed by atoms with Crippen LogP contribution in [0.5, 0.6) is 0 Å². The second-order valence-corrected chi connectivity index (χ2v) is 9.08. The SMILES string of the molecule is Cc1nc2c(nc(C)n2-c2ccc(-c3ccccc3-c3nc(=S)s[nH]3)cc2)c(C)c1C. The molecular weight excluding hydrogens is 422 g/mol. The van der Waals surface area contributed by atoms with Crippen LogP contribution in [0.1, 0.15) is 22.6 Å². The molecule has 0 bridgehead atoms. The molecule has 31 heavy (non-hydrogen) atoms. The van der Waals surface area contributed by atoms with Gasteiger partial charge in [0, 0.05) is 16.9 Å². The number of aromatic amines is 1. The van der Waals surface area contributed by atoms with Crippen molar-refractivity contribution in [1.29, 1.82) is 0 Å². The highest BCUT2D eigenvalue weighted by Crippen LogP contribution is 2.32. The molecule has 0 atom stereocenters. The van der Waals surface area contributed by atoms with Crippen LogP contribution in [0, 0.1) is 31.6 Å². The molecule has 3 heterocycles. The standard InChI is InChI=1S/C24H21N5S2/c1-13-14(2)21-23(25-15(13)3)29(16(4)26-21)18-11-9-17(10-12-18)19-7-5-6-8-20(19)22-27-24(30)31-28-22/h5-12H,1-4H3,(H,27,28,30). The van der Waals surface area contributed by atoms with Crippen molar-refractivity contribution in [1.82, 2.24) is 23.9 Å². The number of hydrogen-bond acceptors (Lipinski definition) is 5. The van der Waals surface area contributed by atoms with E-state index in [2.05, 4.69) is 71.1 Å². The van der Waals surface area contributed by atoms with Crippen molar-refractivity contribution in [3.05, 3.63) is 75.1 Å². The van der Waals surface area contributed by atoms with Crippen molar-refractivity contribution in [3.8, 4) is 28.2 Å². The summed E-state index contributed by atoms with van der Waals surface area (Å²) in [6.07, 6.45) is 0. The molecule has 154 valence electrons.